The van der Waals surface area contributed by atoms with Crippen LogP contribution in [0.5, 0.6) is 0 Å². The van der Waals surface area contributed by atoms with Crippen molar-refractivity contribution in [3.05, 3.63) is 35.9 Å². The van der Waals surface area contributed by atoms with E-state index in [1.165, 1.54) is 12.8 Å². The van der Waals surface area contributed by atoms with E-state index in [0.717, 1.165) is 31.4 Å². The Labute approximate surface area is 115 Å². The minimum Gasteiger partial charge on any atom is -0.396 e. The number of nitriles is 1. The number of hydrogen-bond donors (Lipinski definition) is 1. The fourth-order valence-corrected chi connectivity index (χ4v) is 2.98. The van der Waals surface area contributed by atoms with E-state index in [0.29, 0.717) is 6.04 Å². The van der Waals surface area contributed by atoms with Crippen molar-refractivity contribution in [2.24, 2.45) is 0 Å². The molecule has 0 saturated carbocycles. The van der Waals surface area contributed by atoms with Gasteiger partial charge in [-0.1, -0.05) is 36.8 Å². The van der Waals surface area contributed by atoms with Gasteiger partial charge in [0.15, 0.2) is 0 Å². The maximum Gasteiger partial charge on any atom is 0.124 e. The summed E-state index contributed by atoms with van der Waals surface area (Å²) in [5.74, 6) is 0. The molecule has 0 amide bonds. The van der Waals surface area contributed by atoms with Crippen molar-refractivity contribution in [1.29, 1.82) is 5.26 Å². The van der Waals surface area contributed by atoms with Gasteiger partial charge in [-0.15, -0.1) is 0 Å². The third-order valence-corrected chi connectivity index (χ3v) is 3.94. The lowest BCUT2D eigenvalue weighted by molar-refractivity contribution is 0.106. The number of aliphatic hydroxyl groups excluding tert-OH is 1. The second-order valence-electron chi connectivity index (χ2n) is 5.20. The van der Waals surface area contributed by atoms with Crippen LogP contribution in [0.4, 0.5) is 0 Å². The van der Waals surface area contributed by atoms with Gasteiger partial charge in [0.1, 0.15) is 6.04 Å². The van der Waals surface area contributed by atoms with Crippen LogP contribution < -0.4 is 0 Å². The first kappa shape index (κ1) is 14.0. The molecule has 3 nitrogen and oxygen atoms in total. The Morgan fingerprint density at radius 1 is 1.32 bits per heavy atom. The van der Waals surface area contributed by atoms with E-state index in [9.17, 15) is 5.26 Å². The third-order valence-electron chi connectivity index (χ3n) is 3.94. The van der Waals surface area contributed by atoms with Gasteiger partial charge in [0.2, 0.25) is 0 Å². The summed E-state index contributed by atoms with van der Waals surface area (Å²) in [5, 5.41) is 18.5. The fourth-order valence-electron chi connectivity index (χ4n) is 2.98. The SMILES string of the molecule is N#CC(c1ccccc1)N1CCCCC1CCCO. The molecule has 19 heavy (non-hydrogen) atoms. The largest absolute Gasteiger partial charge is 0.396 e. The van der Waals surface area contributed by atoms with Gasteiger partial charge in [-0.2, -0.15) is 5.26 Å². The normalized spacial score (nSPS) is 21.8. The van der Waals surface area contributed by atoms with E-state index in [-0.39, 0.29) is 12.6 Å². The molecule has 1 aromatic carbocycles. The second kappa shape index (κ2) is 7.28. The van der Waals surface area contributed by atoms with Crippen LogP contribution >= 0.6 is 0 Å². The highest BCUT2D eigenvalue weighted by Crippen LogP contribution is 2.30. The van der Waals surface area contributed by atoms with Crippen molar-refractivity contribution in [1.82, 2.24) is 4.90 Å². The van der Waals surface area contributed by atoms with Gasteiger partial charge >= 0.3 is 0 Å². The Morgan fingerprint density at radius 3 is 2.79 bits per heavy atom. The number of rotatable bonds is 5. The summed E-state index contributed by atoms with van der Waals surface area (Å²) in [6, 6.07) is 12.8. The quantitative estimate of drug-likeness (QED) is 0.883. The maximum atomic E-state index is 9.53. The molecule has 3 heteroatoms. The molecule has 1 saturated heterocycles. The number of hydrogen-bond acceptors (Lipinski definition) is 3. The molecule has 1 aromatic rings. The second-order valence-corrected chi connectivity index (χ2v) is 5.20. The molecule has 0 bridgehead atoms. The van der Waals surface area contributed by atoms with E-state index in [2.05, 4.69) is 11.0 Å². The van der Waals surface area contributed by atoms with E-state index >= 15 is 0 Å². The zero-order valence-electron chi connectivity index (χ0n) is 11.3. The monoisotopic (exact) mass is 258 g/mol. The number of benzene rings is 1. The lowest BCUT2D eigenvalue weighted by atomic mass is 9.94. The molecule has 0 spiro atoms. The highest BCUT2D eigenvalue weighted by atomic mass is 16.2. The number of likely N-dealkylation sites (tertiary alicyclic amines) is 1. The summed E-state index contributed by atoms with van der Waals surface area (Å²) < 4.78 is 0. The first-order chi connectivity index (χ1) is 9.36. The van der Waals surface area contributed by atoms with Crippen molar-refractivity contribution < 1.29 is 5.11 Å². The smallest absolute Gasteiger partial charge is 0.124 e. The van der Waals surface area contributed by atoms with Crippen molar-refractivity contribution in [3.8, 4) is 6.07 Å². The van der Waals surface area contributed by atoms with Crippen LogP contribution in [-0.4, -0.2) is 29.2 Å². The van der Waals surface area contributed by atoms with Crippen molar-refractivity contribution in [3.63, 3.8) is 0 Å². The molecule has 2 rings (SSSR count). The van der Waals surface area contributed by atoms with Crippen LogP contribution in [-0.2, 0) is 0 Å². The summed E-state index contributed by atoms with van der Waals surface area (Å²) in [7, 11) is 0. The molecule has 0 aliphatic carbocycles. The zero-order valence-corrected chi connectivity index (χ0v) is 11.3. The van der Waals surface area contributed by atoms with E-state index < -0.39 is 0 Å². The van der Waals surface area contributed by atoms with Crippen LogP contribution in [0.25, 0.3) is 0 Å². The Hall–Kier alpha value is -1.37. The molecule has 102 valence electrons. The summed E-state index contributed by atoms with van der Waals surface area (Å²) in [4.78, 5) is 2.33. The molecule has 1 aliphatic heterocycles. The molecule has 0 aromatic heterocycles. The van der Waals surface area contributed by atoms with E-state index in [1.54, 1.807) is 0 Å². The van der Waals surface area contributed by atoms with Gasteiger partial charge in [-0.25, -0.2) is 0 Å². The molecule has 0 radical (unpaired) electrons. The number of piperidine rings is 1. The molecular weight excluding hydrogens is 236 g/mol. The molecular formula is C16H22N2O. The topological polar surface area (TPSA) is 47.3 Å². The highest BCUT2D eigenvalue weighted by molar-refractivity contribution is 5.24. The summed E-state index contributed by atoms with van der Waals surface area (Å²) >= 11 is 0. The summed E-state index contributed by atoms with van der Waals surface area (Å²) in [5.41, 5.74) is 1.08. The highest BCUT2D eigenvalue weighted by Gasteiger charge is 2.29. The predicted molar refractivity (Wildman–Crippen MR) is 75.5 cm³/mol. The molecule has 1 fully saturated rings. The average Bonchev–Trinajstić information content (AvgIpc) is 2.48. The standard InChI is InChI=1S/C16H22N2O/c17-13-16(14-7-2-1-3-8-14)18-11-5-4-9-15(18)10-6-12-19/h1-3,7-8,15-16,19H,4-6,9-12H2. The zero-order chi connectivity index (χ0) is 13.5. The Bertz CT molecular complexity index is 413. The maximum absolute atomic E-state index is 9.53. The molecule has 1 N–H and O–H groups in total. The van der Waals surface area contributed by atoms with E-state index in [4.69, 9.17) is 5.11 Å². The minimum atomic E-state index is -0.148. The average molecular weight is 258 g/mol. The molecule has 1 heterocycles. The van der Waals surface area contributed by atoms with Crippen LogP contribution in [0.1, 0.15) is 43.7 Å². The van der Waals surface area contributed by atoms with Gasteiger partial charge in [0, 0.05) is 19.2 Å². The summed E-state index contributed by atoms with van der Waals surface area (Å²) in [6.07, 6.45) is 5.36. The third kappa shape index (κ3) is 3.56. The van der Waals surface area contributed by atoms with Gasteiger partial charge < -0.3 is 5.11 Å². The van der Waals surface area contributed by atoms with Gasteiger partial charge in [0.05, 0.1) is 6.07 Å². The first-order valence-corrected chi connectivity index (χ1v) is 7.18. The van der Waals surface area contributed by atoms with Crippen LogP contribution in [0.3, 0.4) is 0 Å². The lowest BCUT2D eigenvalue weighted by Crippen LogP contribution is -2.41. The van der Waals surface area contributed by atoms with Crippen molar-refractivity contribution >= 4 is 0 Å². The lowest BCUT2D eigenvalue weighted by Gasteiger charge is -2.38. The Morgan fingerprint density at radius 2 is 2.11 bits per heavy atom. The van der Waals surface area contributed by atoms with Crippen LogP contribution in [0.15, 0.2) is 30.3 Å². The Kier molecular flexibility index (Phi) is 5.38. The minimum absolute atomic E-state index is 0.148. The number of nitrogens with zero attached hydrogens (tertiary/aromatic N) is 2. The van der Waals surface area contributed by atoms with Crippen LogP contribution in [0.2, 0.25) is 0 Å². The van der Waals surface area contributed by atoms with Crippen molar-refractivity contribution in [2.45, 2.75) is 44.2 Å². The summed E-state index contributed by atoms with van der Waals surface area (Å²) in [6.45, 7) is 1.23. The van der Waals surface area contributed by atoms with E-state index in [1.807, 2.05) is 30.3 Å². The van der Waals surface area contributed by atoms with Crippen molar-refractivity contribution in [2.75, 3.05) is 13.2 Å². The Balaban J connectivity index is 2.13. The predicted octanol–water partition coefficient (Wildman–Crippen LogP) is 2.88. The fraction of sp³-hybridized carbons (Fsp3) is 0.562. The first-order valence-electron chi connectivity index (χ1n) is 7.18. The van der Waals surface area contributed by atoms with Crippen LogP contribution in [0, 0.1) is 11.3 Å². The van der Waals surface area contributed by atoms with Gasteiger partial charge in [-0.3, -0.25) is 4.90 Å². The molecule has 2 atom stereocenters. The van der Waals surface area contributed by atoms with Gasteiger partial charge in [0.25, 0.3) is 0 Å². The number of aliphatic hydroxyl groups is 1. The molecule has 2 unspecified atom stereocenters. The van der Waals surface area contributed by atoms with Gasteiger partial charge in [-0.05, 0) is 31.2 Å². The molecule has 1 aliphatic rings.